The maximum Gasteiger partial charge on any atom is 0.179 e. The highest BCUT2D eigenvalue weighted by atomic mass is 28.3. The zero-order valence-corrected chi connectivity index (χ0v) is 40.1. The average molecular weight is 921 g/mol. The number of aromatic nitrogens is 1. The first-order valence-electron chi connectivity index (χ1n) is 24.5. The summed E-state index contributed by atoms with van der Waals surface area (Å²) in [5.41, 5.74) is 11.7. The minimum Gasteiger partial charge on any atom is -0.311 e. The van der Waals surface area contributed by atoms with Gasteiger partial charge in [0, 0.05) is 38.9 Å². The van der Waals surface area contributed by atoms with Crippen molar-refractivity contribution in [2.75, 3.05) is 4.90 Å². The minimum atomic E-state index is -2.73. The van der Waals surface area contributed by atoms with Crippen LogP contribution < -0.4 is 25.6 Å². The molecule has 334 valence electrons. The normalized spacial score (nSPS) is 11.7. The van der Waals surface area contributed by atoms with Crippen molar-refractivity contribution in [2.24, 2.45) is 0 Å². The second-order valence-electron chi connectivity index (χ2n) is 18.4. The van der Waals surface area contributed by atoms with Crippen molar-refractivity contribution >= 4 is 89.2 Å². The minimum absolute atomic E-state index is 1.08. The number of benzene rings is 12. The van der Waals surface area contributed by atoms with Gasteiger partial charge in [-0.05, 0) is 120 Å². The van der Waals surface area contributed by atoms with Gasteiger partial charge >= 0.3 is 0 Å². The molecular formula is C68H48N2Si. The fourth-order valence-corrected chi connectivity index (χ4v) is 16.1. The first-order chi connectivity index (χ1) is 35.2. The molecule has 0 atom stereocenters. The summed E-state index contributed by atoms with van der Waals surface area (Å²) in [6.07, 6.45) is 0. The maximum atomic E-state index is 2.45. The van der Waals surface area contributed by atoms with Crippen molar-refractivity contribution in [3.8, 4) is 27.9 Å². The van der Waals surface area contributed by atoms with Crippen LogP contribution in [-0.2, 0) is 0 Å². The molecule has 0 aliphatic heterocycles. The van der Waals surface area contributed by atoms with Crippen LogP contribution in [0.2, 0.25) is 0 Å². The lowest BCUT2D eigenvalue weighted by Gasteiger charge is -2.35. The predicted molar refractivity (Wildman–Crippen MR) is 305 cm³/mol. The lowest BCUT2D eigenvalue weighted by molar-refractivity contribution is 1.19. The lowest BCUT2D eigenvalue weighted by atomic mass is 9.95. The van der Waals surface area contributed by atoms with Gasteiger partial charge in [0.2, 0.25) is 0 Å². The van der Waals surface area contributed by atoms with E-state index in [1.54, 1.807) is 0 Å². The molecule has 0 bridgehead atoms. The smallest absolute Gasteiger partial charge is 0.179 e. The van der Waals surface area contributed by atoms with E-state index in [1.165, 1.54) is 86.4 Å². The summed E-state index contributed by atoms with van der Waals surface area (Å²) in [5.74, 6) is 0. The van der Waals surface area contributed by atoms with Crippen LogP contribution in [0.4, 0.5) is 17.1 Å². The Morgan fingerprint density at radius 2 is 0.718 bits per heavy atom. The van der Waals surface area contributed by atoms with Gasteiger partial charge in [0.25, 0.3) is 0 Å². The highest BCUT2D eigenvalue weighted by molar-refractivity contribution is 7.19. The average Bonchev–Trinajstić information content (AvgIpc) is 3.81. The van der Waals surface area contributed by atoms with Crippen LogP contribution in [0.5, 0.6) is 0 Å². The third-order valence-electron chi connectivity index (χ3n) is 14.5. The van der Waals surface area contributed by atoms with Crippen molar-refractivity contribution in [3.05, 3.63) is 291 Å². The van der Waals surface area contributed by atoms with E-state index in [0.29, 0.717) is 0 Å². The molecule has 0 aliphatic rings. The van der Waals surface area contributed by atoms with Crippen LogP contribution in [0.25, 0.3) is 71.3 Å². The van der Waals surface area contributed by atoms with Gasteiger partial charge < -0.3 is 9.47 Å². The molecule has 1 heterocycles. The Labute approximate surface area is 415 Å². The molecule has 12 aromatic carbocycles. The number of para-hydroxylation sites is 2. The Hall–Kier alpha value is -9.02. The van der Waals surface area contributed by atoms with E-state index in [1.807, 2.05) is 0 Å². The largest absolute Gasteiger partial charge is 0.311 e. The van der Waals surface area contributed by atoms with Gasteiger partial charge in [-0.2, -0.15) is 0 Å². The molecule has 0 saturated carbocycles. The number of nitrogens with zero attached hydrogens (tertiary/aromatic N) is 2. The molecule has 1 aromatic heterocycles. The highest BCUT2D eigenvalue weighted by Crippen LogP contribution is 2.44. The second-order valence-corrected chi connectivity index (χ2v) is 22.2. The van der Waals surface area contributed by atoms with Crippen LogP contribution in [0.1, 0.15) is 0 Å². The topological polar surface area (TPSA) is 8.17 Å². The lowest BCUT2D eigenvalue weighted by Crippen LogP contribution is -2.74. The fourth-order valence-electron chi connectivity index (χ4n) is 11.3. The number of hydrogen-bond donors (Lipinski definition) is 0. The van der Waals surface area contributed by atoms with Gasteiger partial charge in [-0.25, -0.2) is 0 Å². The standard InChI is InChI=1S/C68H48N2Si/c1-5-23-53(24-6-1)70-66-35-18-17-33-64(66)67-65(48-52-21-14-16-32-63(52)68(67)70)51-38-42-55(43-39-51)69(54-40-36-50(37-41-54)62-34-19-22-49-20-13-15-31-61(49)62)56-44-46-60(47-45-56)71(57-25-7-2-8-26-57,58-27-9-3-10-28-58)59-29-11-4-12-30-59/h1-48H. The molecule has 0 aliphatic carbocycles. The zero-order chi connectivity index (χ0) is 47.1. The Balaban J connectivity index is 0.979. The molecule has 2 nitrogen and oxygen atoms in total. The van der Waals surface area contributed by atoms with E-state index < -0.39 is 8.07 Å². The maximum absolute atomic E-state index is 2.73. The quantitative estimate of drug-likeness (QED) is 0.0980. The summed E-state index contributed by atoms with van der Waals surface area (Å²) < 4.78 is 2.45. The third kappa shape index (κ3) is 7.17. The number of fused-ring (bicyclic) bond motifs is 6. The zero-order valence-electron chi connectivity index (χ0n) is 39.1. The summed E-state index contributed by atoms with van der Waals surface area (Å²) in [4.78, 5) is 2.41. The summed E-state index contributed by atoms with van der Waals surface area (Å²) in [7, 11) is -2.73. The Morgan fingerprint density at radius 3 is 1.30 bits per heavy atom. The molecule has 71 heavy (non-hydrogen) atoms. The van der Waals surface area contributed by atoms with E-state index in [2.05, 4.69) is 301 Å². The van der Waals surface area contributed by atoms with Crippen LogP contribution in [0.15, 0.2) is 291 Å². The van der Waals surface area contributed by atoms with Crippen LogP contribution in [-0.4, -0.2) is 12.6 Å². The van der Waals surface area contributed by atoms with Crippen LogP contribution in [0.3, 0.4) is 0 Å². The van der Waals surface area contributed by atoms with E-state index in [9.17, 15) is 0 Å². The van der Waals surface area contributed by atoms with Crippen LogP contribution in [0, 0.1) is 0 Å². The number of rotatable bonds is 10. The van der Waals surface area contributed by atoms with Gasteiger partial charge in [-0.3, -0.25) is 0 Å². The van der Waals surface area contributed by atoms with Crippen molar-refractivity contribution in [1.82, 2.24) is 4.57 Å². The summed E-state index contributed by atoms with van der Waals surface area (Å²) >= 11 is 0. The van der Waals surface area contributed by atoms with Gasteiger partial charge in [0.05, 0.1) is 11.0 Å². The Morgan fingerprint density at radius 1 is 0.296 bits per heavy atom. The van der Waals surface area contributed by atoms with Gasteiger partial charge in [0.1, 0.15) is 0 Å². The summed E-state index contributed by atoms with van der Waals surface area (Å²) in [5, 5.41) is 12.9. The summed E-state index contributed by atoms with van der Waals surface area (Å²) in [6, 6.07) is 107. The molecule has 3 heteroatoms. The van der Waals surface area contributed by atoms with E-state index >= 15 is 0 Å². The molecule has 0 fully saturated rings. The summed E-state index contributed by atoms with van der Waals surface area (Å²) in [6.45, 7) is 0. The molecule has 0 amide bonds. The Bertz CT molecular complexity index is 3900. The number of hydrogen-bond acceptors (Lipinski definition) is 1. The SMILES string of the molecule is c1ccc(-n2c3ccccc3c3c(-c4ccc(N(c5ccc(-c6cccc7ccccc67)cc5)c5ccc([Si](c6ccccc6)(c6ccccc6)c6ccccc6)cc5)cc4)cc4ccccc4c32)cc1. The predicted octanol–water partition coefficient (Wildman–Crippen LogP) is 15.3. The van der Waals surface area contributed by atoms with Crippen molar-refractivity contribution in [1.29, 1.82) is 0 Å². The van der Waals surface area contributed by atoms with Gasteiger partial charge in [0.15, 0.2) is 8.07 Å². The fraction of sp³-hybridized carbons (Fsp3) is 0. The van der Waals surface area contributed by atoms with Crippen molar-refractivity contribution < 1.29 is 0 Å². The number of anilines is 3. The molecule has 13 rings (SSSR count). The highest BCUT2D eigenvalue weighted by Gasteiger charge is 2.41. The second kappa shape index (κ2) is 17.8. The first-order valence-corrected chi connectivity index (χ1v) is 26.5. The van der Waals surface area contributed by atoms with Gasteiger partial charge in [-0.1, -0.05) is 231 Å². The molecule has 0 radical (unpaired) electrons. The molecule has 0 spiro atoms. The van der Waals surface area contributed by atoms with Crippen molar-refractivity contribution in [3.63, 3.8) is 0 Å². The van der Waals surface area contributed by atoms with E-state index in [0.717, 1.165) is 22.7 Å². The molecule has 0 N–H and O–H groups in total. The monoisotopic (exact) mass is 920 g/mol. The molecular weight excluding hydrogens is 873 g/mol. The molecule has 0 saturated heterocycles. The van der Waals surface area contributed by atoms with Gasteiger partial charge in [-0.15, -0.1) is 0 Å². The Kier molecular flexibility index (Phi) is 10.6. The van der Waals surface area contributed by atoms with Crippen molar-refractivity contribution in [2.45, 2.75) is 0 Å². The molecule has 0 unspecified atom stereocenters. The third-order valence-corrected chi connectivity index (χ3v) is 19.3. The molecule has 13 aromatic rings. The van der Waals surface area contributed by atoms with Crippen LogP contribution >= 0.6 is 0 Å². The van der Waals surface area contributed by atoms with E-state index in [4.69, 9.17) is 0 Å². The van der Waals surface area contributed by atoms with E-state index in [-0.39, 0.29) is 0 Å². The first kappa shape index (κ1) is 42.1.